The van der Waals surface area contributed by atoms with Gasteiger partial charge in [-0.15, -0.1) is 0 Å². The van der Waals surface area contributed by atoms with Crippen molar-refractivity contribution in [3.05, 3.63) is 28.8 Å². The molecule has 1 heterocycles. The van der Waals surface area contributed by atoms with Gasteiger partial charge in [0.05, 0.1) is 0 Å². The minimum atomic E-state index is -0.606. The molecule has 1 fully saturated rings. The molecule has 6 heteroatoms. The number of benzene rings is 1. The van der Waals surface area contributed by atoms with Crippen molar-refractivity contribution in [1.82, 2.24) is 9.80 Å². The number of piperazine rings is 1. The first-order chi connectivity index (χ1) is 10.0. The highest BCUT2D eigenvalue weighted by molar-refractivity contribution is 6.40. The molecular weight excluding hydrogens is 290 g/mol. The van der Waals surface area contributed by atoms with Crippen LogP contribution in [0.5, 0.6) is 0 Å². The summed E-state index contributed by atoms with van der Waals surface area (Å²) in [5.41, 5.74) is 1.34. The van der Waals surface area contributed by atoms with Crippen LogP contribution in [0.3, 0.4) is 0 Å². The molecular formula is C15H20ClN3O2. The van der Waals surface area contributed by atoms with Gasteiger partial charge < -0.3 is 15.1 Å². The topological polar surface area (TPSA) is 52.7 Å². The number of carbonyl (C=O) groups is 2. The van der Waals surface area contributed by atoms with Crippen molar-refractivity contribution in [1.29, 1.82) is 0 Å². The Bertz CT molecular complexity index is 540. The molecule has 1 saturated heterocycles. The average molecular weight is 310 g/mol. The average Bonchev–Trinajstić information content (AvgIpc) is 2.51. The monoisotopic (exact) mass is 309 g/mol. The van der Waals surface area contributed by atoms with Crippen LogP contribution in [0, 0.1) is 6.92 Å². The fourth-order valence-electron chi connectivity index (χ4n) is 2.33. The summed E-state index contributed by atoms with van der Waals surface area (Å²) < 4.78 is 0. The van der Waals surface area contributed by atoms with Gasteiger partial charge >= 0.3 is 11.8 Å². The Morgan fingerprint density at radius 3 is 2.52 bits per heavy atom. The summed E-state index contributed by atoms with van der Waals surface area (Å²) in [5, 5.41) is 3.21. The number of rotatable bonds is 2. The number of carbonyl (C=O) groups excluding carboxylic acids is 2. The first kappa shape index (κ1) is 15.8. The van der Waals surface area contributed by atoms with Gasteiger partial charge in [0.15, 0.2) is 0 Å². The number of nitrogens with zero attached hydrogens (tertiary/aromatic N) is 2. The Hall–Kier alpha value is -1.59. The maximum atomic E-state index is 12.2. The zero-order valence-electron chi connectivity index (χ0n) is 12.4. The Kier molecular flexibility index (Phi) is 5.20. The molecule has 5 nitrogen and oxygen atoms in total. The molecule has 0 bridgehead atoms. The quantitative estimate of drug-likeness (QED) is 0.847. The summed E-state index contributed by atoms with van der Waals surface area (Å²) in [6.45, 7) is 7.67. The number of nitrogens with one attached hydrogen (secondary N) is 1. The molecule has 1 aliphatic rings. The van der Waals surface area contributed by atoms with Crippen LogP contribution in [0.15, 0.2) is 18.2 Å². The lowest BCUT2D eigenvalue weighted by Gasteiger charge is -2.33. The minimum absolute atomic E-state index is 0.481. The summed E-state index contributed by atoms with van der Waals surface area (Å²) in [4.78, 5) is 28.1. The molecule has 114 valence electrons. The van der Waals surface area contributed by atoms with Crippen molar-refractivity contribution in [2.24, 2.45) is 0 Å². The van der Waals surface area contributed by atoms with Crippen molar-refractivity contribution in [2.75, 3.05) is 38.0 Å². The van der Waals surface area contributed by atoms with E-state index in [9.17, 15) is 9.59 Å². The first-order valence-electron chi connectivity index (χ1n) is 7.10. The van der Waals surface area contributed by atoms with E-state index in [1.165, 1.54) is 0 Å². The third kappa shape index (κ3) is 3.74. The molecule has 0 atom stereocenters. The number of hydrogen-bond donors (Lipinski definition) is 1. The van der Waals surface area contributed by atoms with E-state index in [1.54, 1.807) is 23.1 Å². The Morgan fingerprint density at radius 2 is 1.90 bits per heavy atom. The van der Waals surface area contributed by atoms with E-state index in [2.05, 4.69) is 17.1 Å². The van der Waals surface area contributed by atoms with Gasteiger partial charge in [-0.05, 0) is 31.2 Å². The van der Waals surface area contributed by atoms with Crippen molar-refractivity contribution in [3.63, 3.8) is 0 Å². The van der Waals surface area contributed by atoms with Crippen LogP contribution >= 0.6 is 11.6 Å². The summed E-state index contributed by atoms with van der Waals surface area (Å²) in [5.74, 6) is -1.09. The Balaban J connectivity index is 1.97. The largest absolute Gasteiger partial charge is 0.332 e. The molecule has 0 radical (unpaired) electrons. The van der Waals surface area contributed by atoms with Crippen LogP contribution in [0.1, 0.15) is 12.5 Å². The molecule has 0 saturated carbocycles. The number of likely N-dealkylation sites (N-methyl/N-ethyl adjacent to an activating group) is 1. The fraction of sp³-hybridized carbons (Fsp3) is 0.467. The van der Waals surface area contributed by atoms with E-state index < -0.39 is 11.8 Å². The van der Waals surface area contributed by atoms with Crippen LogP contribution in [-0.4, -0.2) is 54.3 Å². The van der Waals surface area contributed by atoms with E-state index in [0.29, 0.717) is 23.8 Å². The fourth-order valence-corrected chi connectivity index (χ4v) is 2.50. The molecule has 0 spiro atoms. The SMILES string of the molecule is CCN1CCN(C(=O)C(=O)Nc2cccc(Cl)c2C)CC1. The number of anilines is 1. The molecule has 2 rings (SSSR count). The number of halogens is 1. The maximum Gasteiger partial charge on any atom is 0.313 e. The molecule has 1 aromatic rings. The predicted molar refractivity (Wildman–Crippen MR) is 83.5 cm³/mol. The predicted octanol–water partition coefficient (Wildman–Crippen LogP) is 1.75. The van der Waals surface area contributed by atoms with Crippen LogP contribution in [0.4, 0.5) is 5.69 Å². The van der Waals surface area contributed by atoms with Gasteiger partial charge in [-0.25, -0.2) is 0 Å². The zero-order valence-corrected chi connectivity index (χ0v) is 13.1. The summed E-state index contributed by atoms with van der Waals surface area (Å²) >= 11 is 6.01. The van der Waals surface area contributed by atoms with Crippen molar-refractivity contribution in [2.45, 2.75) is 13.8 Å². The van der Waals surface area contributed by atoms with Crippen molar-refractivity contribution >= 4 is 29.1 Å². The lowest BCUT2D eigenvalue weighted by molar-refractivity contribution is -0.144. The van der Waals surface area contributed by atoms with E-state index in [1.807, 2.05) is 6.92 Å². The van der Waals surface area contributed by atoms with Crippen LogP contribution in [-0.2, 0) is 9.59 Å². The third-order valence-electron chi connectivity index (χ3n) is 3.82. The van der Waals surface area contributed by atoms with Crippen molar-refractivity contribution < 1.29 is 9.59 Å². The third-order valence-corrected chi connectivity index (χ3v) is 4.23. The second kappa shape index (κ2) is 6.91. The van der Waals surface area contributed by atoms with Crippen LogP contribution in [0.25, 0.3) is 0 Å². The van der Waals surface area contributed by atoms with E-state index >= 15 is 0 Å². The normalized spacial score (nSPS) is 15.9. The highest BCUT2D eigenvalue weighted by Gasteiger charge is 2.25. The van der Waals surface area contributed by atoms with E-state index in [-0.39, 0.29) is 0 Å². The molecule has 1 aliphatic heterocycles. The van der Waals surface area contributed by atoms with E-state index in [0.717, 1.165) is 25.2 Å². The zero-order chi connectivity index (χ0) is 15.4. The molecule has 21 heavy (non-hydrogen) atoms. The first-order valence-corrected chi connectivity index (χ1v) is 7.48. The maximum absolute atomic E-state index is 12.2. The van der Waals surface area contributed by atoms with Gasteiger partial charge in [0.25, 0.3) is 0 Å². The Morgan fingerprint density at radius 1 is 1.24 bits per heavy atom. The van der Waals surface area contributed by atoms with E-state index in [4.69, 9.17) is 11.6 Å². The van der Waals surface area contributed by atoms with Gasteiger partial charge in [0.2, 0.25) is 0 Å². The number of hydrogen-bond acceptors (Lipinski definition) is 3. The van der Waals surface area contributed by atoms with Gasteiger partial charge in [0.1, 0.15) is 0 Å². The van der Waals surface area contributed by atoms with Gasteiger partial charge in [-0.2, -0.15) is 0 Å². The smallest absolute Gasteiger partial charge is 0.313 e. The minimum Gasteiger partial charge on any atom is -0.332 e. The van der Waals surface area contributed by atoms with Crippen LogP contribution < -0.4 is 5.32 Å². The number of amides is 2. The second-order valence-electron chi connectivity index (χ2n) is 5.09. The molecule has 1 aromatic carbocycles. The molecule has 2 amide bonds. The molecule has 1 N–H and O–H groups in total. The highest BCUT2D eigenvalue weighted by Crippen LogP contribution is 2.22. The summed E-state index contributed by atoms with van der Waals surface area (Å²) in [6, 6.07) is 5.23. The highest BCUT2D eigenvalue weighted by atomic mass is 35.5. The summed E-state index contributed by atoms with van der Waals surface area (Å²) in [7, 11) is 0. The molecule has 0 aliphatic carbocycles. The Labute approximate surface area is 129 Å². The van der Waals surface area contributed by atoms with Gasteiger partial charge in [-0.1, -0.05) is 24.6 Å². The lowest BCUT2D eigenvalue weighted by Crippen LogP contribution is -2.51. The molecule has 0 aromatic heterocycles. The van der Waals surface area contributed by atoms with Gasteiger partial charge in [-0.3, -0.25) is 9.59 Å². The second-order valence-corrected chi connectivity index (χ2v) is 5.50. The molecule has 0 unspecified atom stereocenters. The van der Waals surface area contributed by atoms with Crippen LogP contribution in [0.2, 0.25) is 5.02 Å². The summed E-state index contributed by atoms with van der Waals surface area (Å²) in [6.07, 6.45) is 0. The van der Waals surface area contributed by atoms with Crippen molar-refractivity contribution in [3.8, 4) is 0 Å². The lowest BCUT2D eigenvalue weighted by atomic mass is 10.2. The van der Waals surface area contributed by atoms with Gasteiger partial charge in [0, 0.05) is 36.9 Å². The standard InChI is InChI=1S/C15H20ClN3O2/c1-3-18-7-9-19(10-8-18)15(21)14(20)17-13-6-4-5-12(16)11(13)2/h4-6H,3,7-10H2,1-2H3,(H,17,20).